The Morgan fingerprint density at radius 3 is 2.65 bits per heavy atom. The second kappa shape index (κ2) is 10.3. The summed E-state index contributed by atoms with van der Waals surface area (Å²) in [5.74, 6) is 0.497. The van der Waals surface area contributed by atoms with Gasteiger partial charge < -0.3 is 19.9 Å². The molecule has 7 nitrogen and oxygen atoms in total. The molecule has 0 spiro atoms. The molecule has 1 atom stereocenters. The van der Waals surface area contributed by atoms with Crippen molar-refractivity contribution in [3.05, 3.63) is 36.0 Å². The first kappa shape index (κ1) is 21.8. The van der Waals surface area contributed by atoms with Crippen LogP contribution < -0.4 is 5.32 Å². The Morgan fingerprint density at radius 1 is 1.16 bits per heavy atom. The van der Waals surface area contributed by atoms with Crippen molar-refractivity contribution in [1.82, 2.24) is 20.1 Å². The van der Waals surface area contributed by atoms with Gasteiger partial charge in [0.2, 0.25) is 5.91 Å². The van der Waals surface area contributed by atoms with Gasteiger partial charge in [0.25, 0.3) is 5.91 Å². The molecule has 2 aliphatic rings. The van der Waals surface area contributed by atoms with E-state index < -0.39 is 0 Å². The van der Waals surface area contributed by atoms with Gasteiger partial charge in [0.15, 0.2) is 0 Å². The van der Waals surface area contributed by atoms with Gasteiger partial charge in [0, 0.05) is 49.5 Å². The number of hydrogen-bond acceptors (Lipinski definition) is 4. The summed E-state index contributed by atoms with van der Waals surface area (Å²) >= 11 is 0. The molecule has 1 aromatic carbocycles. The van der Waals surface area contributed by atoms with Crippen LogP contribution in [0.25, 0.3) is 10.9 Å². The highest BCUT2D eigenvalue weighted by molar-refractivity contribution is 5.98. The first-order valence-corrected chi connectivity index (χ1v) is 11.6. The standard InChI is InChI=1S/C24H34N4O3/c1-18(23(29)25-9-4-10-27-13-15-31-16-14-27)19-7-11-28(12-8-19)24(30)22-17-20-5-2-3-6-21(20)26-22/h2-3,5-6,17-19,26H,4,7-16H2,1H3,(H,25,29). The number of nitrogens with one attached hydrogen (secondary N) is 2. The molecule has 1 aromatic heterocycles. The summed E-state index contributed by atoms with van der Waals surface area (Å²) in [7, 11) is 0. The van der Waals surface area contributed by atoms with Gasteiger partial charge in [-0.15, -0.1) is 0 Å². The number of carbonyl (C=O) groups excluding carboxylic acids is 2. The van der Waals surface area contributed by atoms with Crippen molar-refractivity contribution < 1.29 is 14.3 Å². The highest BCUT2D eigenvalue weighted by Crippen LogP contribution is 2.26. The zero-order valence-corrected chi connectivity index (χ0v) is 18.4. The Kier molecular flexibility index (Phi) is 7.25. The molecule has 0 aliphatic carbocycles. The minimum absolute atomic E-state index is 0.0197. The van der Waals surface area contributed by atoms with E-state index in [0.29, 0.717) is 24.7 Å². The van der Waals surface area contributed by atoms with E-state index in [4.69, 9.17) is 4.74 Å². The van der Waals surface area contributed by atoms with E-state index in [2.05, 4.69) is 15.2 Å². The molecule has 31 heavy (non-hydrogen) atoms. The number of hydrogen-bond donors (Lipinski definition) is 2. The molecule has 0 saturated carbocycles. The van der Waals surface area contributed by atoms with E-state index in [1.54, 1.807) is 0 Å². The highest BCUT2D eigenvalue weighted by atomic mass is 16.5. The van der Waals surface area contributed by atoms with E-state index in [1.807, 2.05) is 42.2 Å². The summed E-state index contributed by atoms with van der Waals surface area (Å²) < 4.78 is 5.37. The molecule has 2 N–H and O–H groups in total. The number of rotatable bonds is 7. The number of ether oxygens (including phenoxy) is 1. The first-order chi connectivity index (χ1) is 15.1. The summed E-state index contributed by atoms with van der Waals surface area (Å²) in [5, 5.41) is 4.17. The number of amides is 2. The molecule has 7 heteroatoms. The molecule has 1 unspecified atom stereocenters. The van der Waals surface area contributed by atoms with Crippen molar-refractivity contribution in [1.29, 1.82) is 0 Å². The van der Waals surface area contributed by atoms with Gasteiger partial charge >= 0.3 is 0 Å². The molecule has 2 aliphatic heterocycles. The number of para-hydroxylation sites is 1. The van der Waals surface area contributed by atoms with E-state index in [1.165, 1.54) is 0 Å². The van der Waals surface area contributed by atoms with Gasteiger partial charge in [-0.1, -0.05) is 25.1 Å². The summed E-state index contributed by atoms with van der Waals surface area (Å²) in [6.45, 7) is 8.75. The second-order valence-electron chi connectivity index (χ2n) is 8.79. The minimum atomic E-state index is -0.0197. The molecular formula is C24H34N4O3. The smallest absolute Gasteiger partial charge is 0.270 e. The number of benzene rings is 1. The molecule has 0 radical (unpaired) electrons. The number of aromatic amines is 1. The lowest BCUT2D eigenvalue weighted by molar-refractivity contribution is -0.126. The Balaban J connectivity index is 1.19. The van der Waals surface area contributed by atoms with E-state index in [-0.39, 0.29) is 17.7 Å². The molecule has 0 bridgehead atoms. The Labute approximate surface area is 184 Å². The van der Waals surface area contributed by atoms with Crippen molar-refractivity contribution in [3.63, 3.8) is 0 Å². The number of H-pyrrole nitrogens is 1. The van der Waals surface area contributed by atoms with E-state index in [0.717, 1.165) is 69.6 Å². The van der Waals surface area contributed by atoms with Gasteiger partial charge in [-0.25, -0.2) is 0 Å². The molecule has 2 fully saturated rings. The number of piperidine rings is 1. The lowest BCUT2D eigenvalue weighted by Gasteiger charge is -2.34. The summed E-state index contributed by atoms with van der Waals surface area (Å²) in [6, 6.07) is 9.87. The maximum atomic E-state index is 12.9. The number of nitrogens with zero attached hydrogens (tertiary/aromatic N) is 2. The topological polar surface area (TPSA) is 77.7 Å². The van der Waals surface area contributed by atoms with E-state index in [9.17, 15) is 9.59 Å². The van der Waals surface area contributed by atoms with Crippen molar-refractivity contribution >= 4 is 22.7 Å². The molecule has 2 amide bonds. The van der Waals surface area contributed by atoms with Crippen molar-refractivity contribution in [3.8, 4) is 0 Å². The number of carbonyl (C=O) groups is 2. The quantitative estimate of drug-likeness (QED) is 0.667. The predicted molar refractivity (Wildman–Crippen MR) is 121 cm³/mol. The fraction of sp³-hybridized carbons (Fsp3) is 0.583. The van der Waals surface area contributed by atoms with Gasteiger partial charge in [-0.2, -0.15) is 0 Å². The molecule has 3 heterocycles. The Bertz CT molecular complexity index is 849. The highest BCUT2D eigenvalue weighted by Gasteiger charge is 2.30. The summed E-state index contributed by atoms with van der Waals surface area (Å²) in [4.78, 5) is 33.0. The largest absolute Gasteiger partial charge is 0.379 e. The molecule has 4 rings (SSSR count). The third-order valence-corrected chi connectivity index (χ3v) is 6.76. The van der Waals surface area contributed by atoms with Crippen LogP contribution in [0.4, 0.5) is 0 Å². The number of fused-ring (bicyclic) bond motifs is 1. The molecular weight excluding hydrogens is 392 g/mol. The average Bonchev–Trinajstić information content (AvgIpc) is 3.26. The van der Waals surface area contributed by atoms with Crippen LogP contribution in [0, 0.1) is 11.8 Å². The summed E-state index contributed by atoms with van der Waals surface area (Å²) in [6.07, 6.45) is 2.71. The van der Waals surface area contributed by atoms with Gasteiger partial charge in [0.05, 0.1) is 13.2 Å². The van der Waals surface area contributed by atoms with Crippen LogP contribution in [-0.4, -0.2) is 79.1 Å². The summed E-state index contributed by atoms with van der Waals surface area (Å²) in [5.41, 5.74) is 1.63. The van der Waals surface area contributed by atoms with Crippen molar-refractivity contribution in [2.75, 3.05) is 52.5 Å². The third-order valence-electron chi connectivity index (χ3n) is 6.76. The first-order valence-electron chi connectivity index (χ1n) is 11.6. The van der Waals surface area contributed by atoms with Crippen LogP contribution in [0.5, 0.6) is 0 Å². The fourth-order valence-electron chi connectivity index (χ4n) is 4.68. The molecule has 2 aromatic rings. The second-order valence-corrected chi connectivity index (χ2v) is 8.79. The third kappa shape index (κ3) is 5.46. The van der Waals surface area contributed by atoms with E-state index >= 15 is 0 Å². The maximum Gasteiger partial charge on any atom is 0.270 e. The Morgan fingerprint density at radius 2 is 1.90 bits per heavy atom. The normalized spacial score (nSPS) is 19.5. The van der Waals surface area contributed by atoms with Gasteiger partial charge in [-0.05, 0) is 43.9 Å². The number of aromatic nitrogens is 1. The average molecular weight is 427 g/mol. The van der Waals surface area contributed by atoms with Crippen LogP contribution in [0.2, 0.25) is 0 Å². The van der Waals surface area contributed by atoms with Gasteiger partial charge in [0.1, 0.15) is 5.69 Å². The molecule has 2 saturated heterocycles. The SMILES string of the molecule is CC(C(=O)NCCCN1CCOCC1)C1CCN(C(=O)c2cc3ccccc3[nH]2)CC1. The monoisotopic (exact) mass is 426 g/mol. The molecule has 168 valence electrons. The zero-order valence-electron chi connectivity index (χ0n) is 18.4. The van der Waals surface area contributed by atoms with Crippen LogP contribution in [0.3, 0.4) is 0 Å². The van der Waals surface area contributed by atoms with Gasteiger partial charge in [-0.3, -0.25) is 14.5 Å². The van der Waals surface area contributed by atoms with Crippen LogP contribution in [0.1, 0.15) is 36.7 Å². The van der Waals surface area contributed by atoms with Crippen molar-refractivity contribution in [2.24, 2.45) is 11.8 Å². The zero-order chi connectivity index (χ0) is 21.6. The number of likely N-dealkylation sites (tertiary alicyclic amines) is 1. The fourth-order valence-corrected chi connectivity index (χ4v) is 4.68. The van der Waals surface area contributed by atoms with Crippen LogP contribution in [0.15, 0.2) is 30.3 Å². The predicted octanol–water partition coefficient (Wildman–Crippen LogP) is 2.49. The number of morpholine rings is 1. The van der Waals surface area contributed by atoms with Crippen LogP contribution in [-0.2, 0) is 9.53 Å². The maximum absolute atomic E-state index is 12.9. The Hall–Kier alpha value is -2.38. The lowest BCUT2D eigenvalue weighted by atomic mass is 9.84. The van der Waals surface area contributed by atoms with Crippen LogP contribution >= 0.6 is 0 Å². The minimum Gasteiger partial charge on any atom is -0.379 e. The van der Waals surface area contributed by atoms with Crippen molar-refractivity contribution in [2.45, 2.75) is 26.2 Å². The lowest BCUT2D eigenvalue weighted by Crippen LogP contribution is -2.43.